The molecule has 0 fully saturated rings. The fraction of sp³-hybridized carbons (Fsp3) is 0.346. The van der Waals surface area contributed by atoms with Gasteiger partial charge in [0.05, 0.1) is 6.54 Å². The number of hydrogen-bond acceptors (Lipinski definition) is 6. The average molecular weight is 493 g/mol. The molecule has 2 aliphatic heterocycles. The third-order valence-electron chi connectivity index (χ3n) is 6.36. The van der Waals surface area contributed by atoms with Crippen molar-refractivity contribution < 1.29 is 18.8 Å². The maximum atomic E-state index is 12.5. The number of ether oxygens (including phenoxy) is 2. The number of aromatic nitrogens is 3. The summed E-state index contributed by atoms with van der Waals surface area (Å²) < 4.78 is 17.8. The Hall–Kier alpha value is -3.52. The van der Waals surface area contributed by atoms with Crippen LogP contribution in [0.5, 0.6) is 5.75 Å². The summed E-state index contributed by atoms with van der Waals surface area (Å²) in [6.07, 6.45) is 4.25. The Morgan fingerprint density at radius 1 is 1.26 bits per heavy atom. The molecule has 5 heterocycles. The Labute approximate surface area is 207 Å². The second-order valence-corrected chi connectivity index (χ2v) is 10.4. The van der Waals surface area contributed by atoms with Crippen molar-refractivity contribution in [2.45, 2.75) is 51.9 Å². The van der Waals surface area contributed by atoms with Gasteiger partial charge in [-0.15, -0.1) is 0 Å². The molecule has 35 heavy (non-hydrogen) atoms. The summed E-state index contributed by atoms with van der Waals surface area (Å²) in [5, 5.41) is 5.93. The number of rotatable bonds is 2. The highest BCUT2D eigenvalue weighted by Gasteiger charge is 2.36. The van der Waals surface area contributed by atoms with E-state index < -0.39 is 5.60 Å². The first-order valence-electron chi connectivity index (χ1n) is 11.6. The third kappa shape index (κ3) is 3.91. The van der Waals surface area contributed by atoms with Crippen LogP contribution in [-0.2, 0) is 24.1 Å². The zero-order chi connectivity index (χ0) is 24.3. The van der Waals surface area contributed by atoms with Crippen molar-refractivity contribution in [2.75, 3.05) is 6.54 Å². The van der Waals surface area contributed by atoms with Gasteiger partial charge in [0.1, 0.15) is 22.7 Å². The van der Waals surface area contributed by atoms with Gasteiger partial charge in [0, 0.05) is 52.5 Å². The van der Waals surface area contributed by atoms with Crippen LogP contribution in [0.25, 0.3) is 22.2 Å². The van der Waals surface area contributed by atoms with Gasteiger partial charge in [-0.25, -0.2) is 9.78 Å². The lowest BCUT2D eigenvalue weighted by molar-refractivity contribution is 0.0220. The topological polar surface area (TPSA) is 93.5 Å². The number of carbonyl (C=O) groups is 1. The number of carbonyl (C=O) groups excluding carboxylic acids is 1. The lowest BCUT2D eigenvalue weighted by Crippen LogP contribution is -2.40. The Bertz CT molecular complexity index is 1450. The van der Waals surface area contributed by atoms with Crippen LogP contribution in [0.3, 0.4) is 0 Å². The minimum absolute atomic E-state index is 0.310. The number of fused-ring (bicyclic) bond motifs is 3. The van der Waals surface area contributed by atoms with Crippen LogP contribution in [0.4, 0.5) is 4.79 Å². The fourth-order valence-electron chi connectivity index (χ4n) is 4.86. The molecule has 4 aromatic rings. The van der Waals surface area contributed by atoms with Crippen LogP contribution < -0.4 is 4.74 Å². The lowest BCUT2D eigenvalue weighted by Gasteiger charge is -2.29. The van der Waals surface area contributed by atoms with Crippen molar-refractivity contribution in [2.24, 2.45) is 0 Å². The number of benzene rings is 1. The van der Waals surface area contributed by atoms with Crippen molar-refractivity contribution >= 4 is 28.7 Å². The largest absolute Gasteiger partial charge is 0.481 e. The van der Waals surface area contributed by atoms with E-state index in [4.69, 9.17) is 25.6 Å². The van der Waals surface area contributed by atoms with Gasteiger partial charge in [-0.05, 0) is 57.0 Å². The number of nitrogens with one attached hydrogen (secondary N) is 1. The van der Waals surface area contributed by atoms with E-state index >= 15 is 0 Å². The number of halogens is 1. The summed E-state index contributed by atoms with van der Waals surface area (Å²) in [6.45, 7) is 6.47. The fourth-order valence-corrected chi connectivity index (χ4v) is 5.10. The first-order chi connectivity index (χ1) is 16.8. The number of hydrogen-bond donors (Lipinski definition) is 1. The van der Waals surface area contributed by atoms with Crippen LogP contribution in [0, 0.1) is 0 Å². The van der Waals surface area contributed by atoms with Gasteiger partial charge in [-0.2, -0.15) is 0 Å². The molecule has 2 aliphatic rings. The van der Waals surface area contributed by atoms with Gasteiger partial charge >= 0.3 is 6.09 Å². The quantitative estimate of drug-likeness (QED) is 0.378. The summed E-state index contributed by atoms with van der Waals surface area (Å²) >= 11 is 6.52. The summed E-state index contributed by atoms with van der Waals surface area (Å²) in [4.78, 5) is 21.7. The predicted molar refractivity (Wildman–Crippen MR) is 130 cm³/mol. The molecule has 9 heteroatoms. The Morgan fingerprint density at radius 3 is 2.94 bits per heavy atom. The molecule has 0 saturated heterocycles. The summed E-state index contributed by atoms with van der Waals surface area (Å²) in [6, 6.07) is 7.85. The van der Waals surface area contributed by atoms with Crippen molar-refractivity contribution in [1.29, 1.82) is 0 Å². The summed E-state index contributed by atoms with van der Waals surface area (Å²) in [5.41, 5.74) is 4.97. The molecule has 0 bridgehead atoms. The van der Waals surface area contributed by atoms with Gasteiger partial charge < -0.3 is 23.9 Å². The summed E-state index contributed by atoms with van der Waals surface area (Å²) in [7, 11) is 0. The molecule has 180 valence electrons. The third-order valence-corrected chi connectivity index (χ3v) is 6.58. The van der Waals surface area contributed by atoms with E-state index in [1.54, 1.807) is 11.1 Å². The lowest BCUT2D eigenvalue weighted by atomic mass is 9.97. The molecule has 0 spiro atoms. The number of amides is 1. The van der Waals surface area contributed by atoms with Gasteiger partial charge in [-0.1, -0.05) is 16.8 Å². The van der Waals surface area contributed by atoms with E-state index in [1.807, 2.05) is 51.2 Å². The van der Waals surface area contributed by atoms with Crippen LogP contribution in [-0.4, -0.2) is 38.3 Å². The zero-order valence-electron chi connectivity index (χ0n) is 19.7. The second-order valence-electron chi connectivity index (χ2n) is 9.97. The van der Waals surface area contributed by atoms with E-state index in [2.05, 4.69) is 15.1 Å². The standard InChI is InChI=1S/C26H25ClN4O4/c1-26(2,3)34-25(32)31-9-6-18-20(13-31)30-35-23(18)21-11-14-10-15(27)12-19(22(14)33-21)16-4-7-28-24-17(16)5-8-29-24/h4-5,7-8,10,12,21H,6,9,11,13H2,1-3H3,(H,28,29). The number of aromatic amines is 1. The number of pyridine rings is 1. The van der Waals surface area contributed by atoms with Gasteiger partial charge in [-0.3, -0.25) is 0 Å². The monoisotopic (exact) mass is 492 g/mol. The van der Waals surface area contributed by atoms with E-state index in [-0.39, 0.29) is 12.2 Å². The van der Waals surface area contributed by atoms with Crippen LogP contribution in [0.15, 0.2) is 41.2 Å². The van der Waals surface area contributed by atoms with Crippen LogP contribution in [0.1, 0.15) is 49.5 Å². The van der Waals surface area contributed by atoms with E-state index in [0.29, 0.717) is 36.7 Å². The molecule has 1 N–H and O–H groups in total. The summed E-state index contributed by atoms with van der Waals surface area (Å²) in [5.74, 6) is 1.51. The van der Waals surface area contributed by atoms with Crippen molar-refractivity contribution in [3.8, 4) is 16.9 Å². The molecule has 0 radical (unpaired) electrons. The molecule has 1 amide bonds. The zero-order valence-corrected chi connectivity index (χ0v) is 20.5. The molecular weight excluding hydrogens is 468 g/mol. The van der Waals surface area contributed by atoms with Crippen LogP contribution in [0.2, 0.25) is 5.02 Å². The van der Waals surface area contributed by atoms with Gasteiger partial charge in [0.25, 0.3) is 0 Å². The van der Waals surface area contributed by atoms with E-state index in [1.165, 1.54) is 0 Å². The van der Waals surface area contributed by atoms with Crippen molar-refractivity contribution in [1.82, 2.24) is 20.0 Å². The van der Waals surface area contributed by atoms with Crippen molar-refractivity contribution in [3.63, 3.8) is 0 Å². The molecule has 0 saturated carbocycles. The average Bonchev–Trinajstić information content (AvgIpc) is 3.53. The highest BCUT2D eigenvalue weighted by Crippen LogP contribution is 2.47. The smallest absolute Gasteiger partial charge is 0.410 e. The normalized spacial score (nSPS) is 17.3. The predicted octanol–water partition coefficient (Wildman–Crippen LogP) is 5.84. The molecule has 1 atom stereocenters. The maximum Gasteiger partial charge on any atom is 0.410 e. The highest BCUT2D eigenvalue weighted by atomic mass is 35.5. The minimum atomic E-state index is -0.546. The van der Waals surface area contributed by atoms with Crippen molar-refractivity contribution in [3.05, 3.63) is 64.3 Å². The highest BCUT2D eigenvalue weighted by molar-refractivity contribution is 6.31. The molecular formula is C26H25ClN4O4. The van der Waals surface area contributed by atoms with Gasteiger partial charge in [0.15, 0.2) is 11.9 Å². The van der Waals surface area contributed by atoms with E-state index in [9.17, 15) is 4.79 Å². The maximum absolute atomic E-state index is 12.5. The first kappa shape index (κ1) is 22.0. The SMILES string of the molecule is CC(C)(C)OC(=O)N1CCc2c(noc2C2Cc3cc(Cl)cc(-c4ccnc5[nH]ccc45)c3O2)C1. The minimum Gasteiger partial charge on any atom is -0.481 e. The first-order valence-corrected chi connectivity index (χ1v) is 12.0. The Balaban J connectivity index is 1.29. The number of nitrogens with zero attached hydrogens (tertiary/aromatic N) is 3. The molecule has 8 nitrogen and oxygen atoms in total. The molecule has 3 aromatic heterocycles. The van der Waals surface area contributed by atoms with Crippen LogP contribution >= 0.6 is 11.6 Å². The van der Waals surface area contributed by atoms with Gasteiger partial charge in [0.2, 0.25) is 0 Å². The molecule has 0 aliphatic carbocycles. The molecule has 6 rings (SSSR count). The Morgan fingerprint density at radius 2 is 2.11 bits per heavy atom. The second kappa shape index (κ2) is 8.02. The number of H-pyrrole nitrogens is 1. The van der Waals surface area contributed by atoms with E-state index in [0.717, 1.165) is 44.7 Å². The molecule has 1 aromatic carbocycles. The Kier molecular flexibility index (Phi) is 5.03. The molecule has 1 unspecified atom stereocenters.